The highest BCUT2D eigenvalue weighted by molar-refractivity contribution is 5.82. The summed E-state index contributed by atoms with van der Waals surface area (Å²) in [4.78, 5) is 14.5. The van der Waals surface area contributed by atoms with Gasteiger partial charge in [0, 0.05) is 18.7 Å². The molecule has 1 aromatic rings. The first-order valence-corrected chi connectivity index (χ1v) is 7.30. The van der Waals surface area contributed by atoms with Crippen LogP contribution in [0.4, 0.5) is 4.39 Å². The molecule has 5 heteroatoms. The number of amides is 1. The van der Waals surface area contributed by atoms with Crippen LogP contribution in [-0.2, 0) is 15.1 Å². The summed E-state index contributed by atoms with van der Waals surface area (Å²) in [5.41, 5.74) is -0.254. The number of hydrogen-bond acceptors (Lipinski definition) is 3. The zero-order valence-corrected chi connectivity index (χ0v) is 12.9. The van der Waals surface area contributed by atoms with Gasteiger partial charge in [-0.1, -0.05) is 18.2 Å². The maximum Gasteiger partial charge on any atom is 0.237 e. The molecule has 1 atom stereocenters. The number of hydrogen-bond donors (Lipinski definition) is 1. The average Bonchev–Trinajstić information content (AvgIpc) is 2.47. The molecule has 1 aromatic carbocycles. The van der Waals surface area contributed by atoms with Crippen molar-refractivity contribution in [3.63, 3.8) is 0 Å². The Balaban J connectivity index is 2.05. The molecule has 1 heterocycles. The lowest BCUT2D eigenvalue weighted by Gasteiger charge is -2.34. The van der Waals surface area contributed by atoms with Gasteiger partial charge in [0.05, 0.1) is 24.8 Å². The molecule has 1 saturated heterocycles. The average molecular weight is 294 g/mol. The molecule has 4 nitrogen and oxygen atoms in total. The third-order valence-corrected chi connectivity index (χ3v) is 3.96. The van der Waals surface area contributed by atoms with Gasteiger partial charge in [-0.15, -0.1) is 0 Å². The summed E-state index contributed by atoms with van der Waals surface area (Å²) in [6.07, 6.45) is 0. The summed E-state index contributed by atoms with van der Waals surface area (Å²) in [7, 11) is 0. The molecule has 0 saturated carbocycles. The maximum absolute atomic E-state index is 13.9. The lowest BCUT2D eigenvalue weighted by Crippen LogP contribution is -2.53. The van der Waals surface area contributed by atoms with Crippen LogP contribution in [0.15, 0.2) is 24.3 Å². The molecule has 0 radical (unpaired) electrons. The number of benzene rings is 1. The predicted molar refractivity (Wildman–Crippen MR) is 79.4 cm³/mol. The second-order valence-corrected chi connectivity index (χ2v) is 5.92. The Morgan fingerprint density at radius 2 is 1.95 bits per heavy atom. The normalized spacial score (nSPS) is 18.3. The molecular weight excluding hydrogens is 271 g/mol. The highest BCUT2D eigenvalue weighted by Gasteiger charge is 2.30. The lowest BCUT2D eigenvalue weighted by molar-refractivity contribution is -0.129. The van der Waals surface area contributed by atoms with Gasteiger partial charge in [0.25, 0.3) is 0 Å². The van der Waals surface area contributed by atoms with E-state index < -0.39 is 5.54 Å². The summed E-state index contributed by atoms with van der Waals surface area (Å²) < 4.78 is 19.2. The number of carbonyl (C=O) groups is 1. The number of nitrogens with one attached hydrogen (secondary N) is 1. The van der Waals surface area contributed by atoms with Crippen LogP contribution < -0.4 is 5.32 Å². The number of ether oxygens (including phenoxy) is 1. The topological polar surface area (TPSA) is 41.6 Å². The second-order valence-electron chi connectivity index (χ2n) is 5.92. The lowest BCUT2D eigenvalue weighted by atomic mass is 9.93. The molecule has 0 bridgehead atoms. The van der Waals surface area contributed by atoms with E-state index in [1.165, 1.54) is 6.07 Å². The molecule has 1 amide bonds. The molecular formula is C16H23FN2O2. The van der Waals surface area contributed by atoms with E-state index in [4.69, 9.17) is 4.74 Å². The minimum Gasteiger partial charge on any atom is -0.379 e. The number of morpholine rings is 1. The van der Waals surface area contributed by atoms with Crippen molar-refractivity contribution in [3.05, 3.63) is 35.6 Å². The van der Waals surface area contributed by atoms with E-state index in [1.54, 1.807) is 18.2 Å². The van der Waals surface area contributed by atoms with Gasteiger partial charge in [-0.05, 0) is 26.8 Å². The predicted octanol–water partition coefficient (Wildman–Crippen LogP) is 1.90. The smallest absolute Gasteiger partial charge is 0.237 e. The molecule has 1 aliphatic heterocycles. The number of rotatable bonds is 4. The van der Waals surface area contributed by atoms with Crippen molar-refractivity contribution < 1.29 is 13.9 Å². The Morgan fingerprint density at radius 3 is 2.57 bits per heavy atom. The van der Waals surface area contributed by atoms with Crippen molar-refractivity contribution in [1.82, 2.24) is 10.2 Å². The highest BCUT2D eigenvalue weighted by Crippen LogP contribution is 2.23. The van der Waals surface area contributed by atoms with Gasteiger partial charge < -0.3 is 10.1 Å². The quantitative estimate of drug-likeness (QED) is 0.922. The Kier molecular flexibility index (Phi) is 4.96. The largest absolute Gasteiger partial charge is 0.379 e. The van der Waals surface area contributed by atoms with Crippen LogP contribution in [-0.4, -0.2) is 43.2 Å². The van der Waals surface area contributed by atoms with Gasteiger partial charge in [0.2, 0.25) is 5.91 Å². The molecule has 1 N–H and O–H groups in total. The SMILES string of the molecule is CC(C(=O)NC(C)(C)c1ccccc1F)N1CCOCC1. The fourth-order valence-corrected chi connectivity index (χ4v) is 2.58. The molecule has 21 heavy (non-hydrogen) atoms. The van der Waals surface area contributed by atoms with Crippen LogP contribution in [0.25, 0.3) is 0 Å². The van der Waals surface area contributed by atoms with Gasteiger partial charge in [-0.25, -0.2) is 4.39 Å². The van der Waals surface area contributed by atoms with E-state index in [0.717, 1.165) is 13.1 Å². The van der Waals surface area contributed by atoms with Crippen LogP contribution in [0.5, 0.6) is 0 Å². The van der Waals surface area contributed by atoms with Crippen LogP contribution in [0.2, 0.25) is 0 Å². The summed E-state index contributed by atoms with van der Waals surface area (Å²) >= 11 is 0. The summed E-state index contributed by atoms with van der Waals surface area (Å²) in [5, 5.41) is 2.95. The second kappa shape index (κ2) is 6.54. The third kappa shape index (κ3) is 3.80. The molecule has 0 aliphatic carbocycles. The van der Waals surface area contributed by atoms with Crippen molar-refractivity contribution in [3.8, 4) is 0 Å². The van der Waals surface area contributed by atoms with Crippen LogP contribution in [0, 0.1) is 5.82 Å². The van der Waals surface area contributed by atoms with Gasteiger partial charge in [0.1, 0.15) is 5.82 Å². The molecule has 116 valence electrons. The van der Waals surface area contributed by atoms with Gasteiger partial charge in [-0.3, -0.25) is 9.69 Å². The molecule has 0 spiro atoms. The van der Waals surface area contributed by atoms with Crippen molar-refractivity contribution in [2.75, 3.05) is 26.3 Å². The van der Waals surface area contributed by atoms with Crippen LogP contribution in [0.1, 0.15) is 26.3 Å². The van der Waals surface area contributed by atoms with Gasteiger partial charge >= 0.3 is 0 Å². The molecule has 1 fully saturated rings. The van der Waals surface area contributed by atoms with Crippen molar-refractivity contribution in [2.24, 2.45) is 0 Å². The van der Waals surface area contributed by atoms with Gasteiger partial charge in [0.15, 0.2) is 0 Å². The minimum absolute atomic E-state index is 0.0925. The molecule has 2 rings (SSSR count). The standard InChI is InChI=1S/C16H23FN2O2/c1-12(19-8-10-21-11-9-19)15(20)18-16(2,3)13-6-4-5-7-14(13)17/h4-7,12H,8-11H2,1-3H3,(H,18,20). The van der Waals surface area contributed by atoms with E-state index in [-0.39, 0.29) is 17.8 Å². The Morgan fingerprint density at radius 1 is 1.33 bits per heavy atom. The molecule has 1 unspecified atom stereocenters. The zero-order valence-electron chi connectivity index (χ0n) is 12.9. The minimum atomic E-state index is -0.747. The Hall–Kier alpha value is -1.46. The Bertz CT molecular complexity index is 499. The highest BCUT2D eigenvalue weighted by atomic mass is 19.1. The molecule has 0 aromatic heterocycles. The van der Waals surface area contributed by atoms with Crippen LogP contribution in [0.3, 0.4) is 0 Å². The zero-order chi connectivity index (χ0) is 15.5. The first-order valence-electron chi connectivity index (χ1n) is 7.30. The van der Waals surface area contributed by atoms with E-state index in [2.05, 4.69) is 10.2 Å². The summed E-state index contributed by atoms with van der Waals surface area (Å²) in [6.45, 7) is 8.29. The van der Waals surface area contributed by atoms with Crippen molar-refractivity contribution >= 4 is 5.91 Å². The number of halogens is 1. The monoisotopic (exact) mass is 294 g/mol. The van der Waals surface area contributed by atoms with Crippen LogP contribution >= 0.6 is 0 Å². The van der Waals surface area contributed by atoms with Crippen molar-refractivity contribution in [2.45, 2.75) is 32.4 Å². The fourth-order valence-electron chi connectivity index (χ4n) is 2.58. The van der Waals surface area contributed by atoms with E-state index in [9.17, 15) is 9.18 Å². The number of nitrogens with zero attached hydrogens (tertiary/aromatic N) is 1. The Labute approximate surface area is 125 Å². The summed E-state index contributed by atoms with van der Waals surface area (Å²) in [6, 6.07) is 6.29. The first kappa shape index (κ1) is 15.9. The van der Waals surface area contributed by atoms with E-state index >= 15 is 0 Å². The maximum atomic E-state index is 13.9. The van der Waals surface area contributed by atoms with E-state index in [0.29, 0.717) is 18.8 Å². The van der Waals surface area contributed by atoms with Crippen molar-refractivity contribution in [1.29, 1.82) is 0 Å². The molecule has 1 aliphatic rings. The van der Waals surface area contributed by atoms with Gasteiger partial charge in [-0.2, -0.15) is 0 Å². The number of carbonyl (C=O) groups excluding carboxylic acids is 1. The first-order chi connectivity index (χ1) is 9.92. The van der Waals surface area contributed by atoms with E-state index in [1.807, 2.05) is 20.8 Å². The summed E-state index contributed by atoms with van der Waals surface area (Å²) in [5.74, 6) is -0.396. The third-order valence-electron chi connectivity index (χ3n) is 3.96. The fraction of sp³-hybridized carbons (Fsp3) is 0.562.